The molecule has 0 aliphatic carbocycles. The summed E-state index contributed by atoms with van der Waals surface area (Å²) >= 11 is 9.13. The van der Waals surface area contributed by atoms with Crippen molar-refractivity contribution >= 4 is 33.2 Å². The summed E-state index contributed by atoms with van der Waals surface area (Å²) in [5.74, 6) is 0. The Hall–Kier alpha value is -0.720. The molecular formula is C8H6BrClN2. The summed E-state index contributed by atoms with van der Waals surface area (Å²) in [7, 11) is 0. The van der Waals surface area contributed by atoms with Crippen molar-refractivity contribution < 1.29 is 0 Å². The van der Waals surface area contributed by atoms with Crippen LogP contribution in [0.1, 0.15) is 0 Å². The largest absolute Gasteiger partial charge is 0.371 e. The van der Waals surface area contributed by atoms with Crippen LogP contribution < -0.4 is 5.32 Å². The molecule has 0 fully saturated rings. The Labute approximate surface area is 84.3 Å². The van der Waals surface area contributed by atoms with E-state index in [2.05, 4.69) is 21.2 Å². The van der Waals surface area contributed by atoms with Gasteiger partial charge in [0.25, 0.3) is 0 Å². The van der Waals surface area contributed by atoms with Gasteiger partial charge in [0.2, 0.25) is 0 Å². The summed E-state index contributed by atoms with van der Waals surface area (Å²) in [4.78, 5) is 0. The quantitative estimate of drug-likeness (QED) is 0.813. The highest BCUT2D eigenvalue weighted by molar-refractivity contribution is 9.10. The van der Waals surface area contributed by atoms with Crippen molar-refractivity contribution in [2.24, 2.45) is 0 Å². The van der Waals surface area contributed by atoms with Crippen molar-refractivity contribution in [3.8, 4) is 6.07 Å². The number of nitrogens with one attached hydrogen (secondary N) is 1. The highest BCUT2D eigenvalue weighted by Crippen LogP contribution is 2.29. The first-order valence-electron chi connectivity index (χ1n) is 3.30. The van der Waals surface area contributed by atoms with Gasteiger partial charge in [-0.15, -0.1) is 0 Å². The zero-order chi connectivity index (χ0) is 8.97. The molecule has 0 unspecified atom stereocenters. The third-order valence-electron chi connectivity index (χ3n) is 1.31. The van der Waals surface area contributed by atoms with Crippen molar-refractivity contribution in [3.63, 3.8) is 0 Å². The molecule has 0 spiro atoms. The van der Waals surface area contributed by atoms with E-state index in [0.717, 1.165) is 10.2 Å². The lowest BCUT2D eigenvalue weighted by Gasteiger charge is -2.04. The summed E-state index contributed by atoms with van der Waals surface area (Å²) in [5, 5.41) is 11.9. The molecule has 1 aromatic carbocycles. The number of anilines is 1. The van der Waals surface area contributed by atoms with Gasteiger partial charge >= 0.3 is 0 Å². The second-order valence-electron chi connectivity index (χ2n) is 2.11. The maximum Gasteiger partial charge on any atom is 0.103 e. The standard InChI is InChI=1S/C8H6BrClN2/c9-8-6(10)2-1-3-7(8)12-5-4-11/h1-3,12H,5H2. The monoisotopic (exact) mass is 244 g/mol. The highest BCUT2D eigenvalue weighted by atomic mass is 79.9. The van der Waals surface area contributed by atoms with Gasteiger partial charge < -0.3 is 5.32 Å². The average molecular weight is 246 g/mol. The maximum absolute atomic E-state index is 8.33. The summed E-state index contributed by atoms with van der Waals surface area (Å²) in [6, 6.07) is 7.45. The normalized spacial score (nSPS) is 9.08. The lowest BCUT2D eigenvalue weighted by atomic mass is 10.3. The van der Waals surface area contributed by atoms with E-state index in [4.69, 9.17) is 16.9 Å². The summed E-state index contributed by atoms with van der Waals surface area (Å²) in [5.41, 5.74) is 0.837. The Morgan fingerprint density at radius 1 is 1.58 bits per heavy atom. The zero-order valence-corrected chi connectivity index (χ0v) is 8.48. The molecular weight excluding hydrogens is 239 g/mol. The van der Waals surface area contributed by atoms with E-state index in [1.165, 1.54) is 0 Å². The van der Waals surface area contributed by atoms with Gasteiger partial charge in [0.15, 0.2) is 0 Å². The molecule has 0 heterocycles. The third kappa shape index (κ3) is 2.13. The molecule has 0 aliphatic heterocycles. The Kier molecular flexibility index (Phi) is 3.39. The topological polar surface area (TPSA) is 35.8 Å². The molecule has 12 heavy (non-hydrogen) atoms. The molecule has 0 saturated carbocycles. The number of halogens is 2. The van der Waals surface area contributed by atoms with Crippen molar-refractivity contribution in [2.45, 2.75) is 0 Å². The molecule has 1 N–H and O–H groups in total. The first-order chi connectivity index (χ1) is 5.75. The third-order valence-corrected chi connectivity index (χ3v) is 2.71. The number of rotatable bonds is 2. The number of nitriles is 1. The molecule has 0 aliphatic rings. The van der Waals surface area contributed by atoms with Gasteiger partial charge in [-0.05, 0) is 28.1 Å². The Morgan fingerprint density at radius 3 is 3.00 bits per heavy atom. The van der Waals surface area contributed by atoms with Crippen LogP contribution in [0.5, 0.6) is 0 Å². The fourth-order valence-electron chi connectivity index (χ4n) is 0.775. The molecule has 0 radical (unpaired) electrons. The van der Waals surface area contributed by atoms with Gasteiger partial charge in [-0.25, -0.2) is 0 Å². The Morgan fingerprint density at radius 2 is 2.33 bits per heavy atom. The van der Waals surface area contributed by atoms with E-state index in [9.17, 15) is 0 Å². The summed E-state index contributed by atoms with van der Waals surface area (Å²) < 4.78 is 0.793. The van der Waals surface area contributed by atoms with Crippen molar-refractivity contribution in [3.05, 3.63) is 27.7 Å². The second kappa shape index (κ2) is 4.34. The molecule has 1 rings (SSSR count). The number of hydrogen-bond acceptors (Lipinski definition) is 2. The van der Waals surface area contributed by atoms with E-state index in [1.54, 1.807) is 6.07 Å². The van der Waals surface area contributed by atoms with Crippen LogP contribution in [0, 0.1) is 11.3 Å². The predicted octanol–water partition coefficient (Wildman–Crippen LogP) is 3.04. The van der Waals surface area contributed by atoms with Crippen molar-refractivity contribution in [1.29, 1.82) is 5.26 Å². The van der Waals surface area contributed by atoms with Crippen LogP contribution in [0.2, 0.25) is 5.02 Å². The molecule has 0 atom stereocenters. The van der Waals surface area contributed by atoms with E-state index in [-0.39, 0.29) is 6.54 Å². The minimum Gasteiger partial charge on any atom is -0.371 e. The number of hydrogen-bond donors (Lipinski definition) is 1. The minimum absolute atomic E-state index is 0.277. The van der Waals surface area contributed by atoms with Gasteiger partial charge in [0.05, 0.1) is 21.3 Å². The summed E-state index contributed by atoms with van der Waals surface area (Å²) in [6.07, 6.45) is 0. The molecule has 0 bridgehead atoms. The van der Waals surface area contributed by atoms with Crippen molar-refractivity contribution in [2.75, 3.05) is 11.9 Å². The molecule has 2 nitrogen and oxygen atoms in total. The Bertz CT molecular complexity index is 319. The number of nitrogens with zero attached hydrogens (tertiary/aromatic N) is 1. The van der Waals surface area contributed by atoms with Crippen LogP contribution in [0.4, 0.5) is 5.69 Å². The number of benzene rings is 1. The summed E-state index contributed by atoms with van der Waals surface area (Å²) in [6.45, 7) is 0.277. The molecule has 62 valence electrons. The van der Waals surface area contributed by atoms with E-state index in [1.807, 2.05) is 18.2 Å². The zero-order valence-electron chi connectivity index (χ0n) is 6.14. The SMILES string of the molecule is N#CCNc1cccc(Cl)c1Br. The smallest absolute Gasteiger partial charge is 0.103 e. The Balaban J connectivity index is 2.86. The fourth-order valence-corrected chi connectivity index (χ4v) is 1.35. The maximum atomic E-state index is 8.33. The van der Waals surface area contributed by atoms with E-state index >= 15 is 0 Å². The van der Waals surface area contributed by atoms with Gasteiger partial charge in [0.1, 0.15) is 6.54 Å². The first kappa shape index (κ1) is 9.37. The second-order valence-corrected chi connectivity index (χ2v) is 3.31. The molecule has 1 aromatic rings. The molecule has 0 saturated heterocycles. The van der Waals surface area contributed by atoms with Crippen LogP contribution >= 0.6 is 27.5 Å². The molecule has 4 heteroatoms. The van der Waals surface area contributed by atoms with Gasteiger partial charge in [-0.2, -0.15) is 5.26 Å². The van der Waals surface area contributed by atoms with E-state index in [0.29, 0.717) is 5.02 Å². The lowest BCUT2D eigenvalue weighted by molar-refractivity contribution is 1.31. The highest BCUT2D eigenvalue weighted by Gasteiger charge is 2.01. The fraction of sp³-hybridized carbons (Fsp3) is 0.125. The first-order valence-corrected chi connectivity index (χ1v) is 4.47. The minimum atomic E-state index is 0.277. The van der Waals surface area contributed by atoms with Gasteiger partial charge in [0, 0.05) is 0 Å². The van der Waals surface area contributed by atoms with Crippen LogP contribution in [0.15, 0.2) is 22.7 Å². The van der Waals surface area contributed by atoms with Crippen molar-refractivity contribution in [1.82, 2.24) is 0 Å². The molecule has 0 aromatic heterocycles. The van der Waals surface area contributed by atoms with Crippen LogP contribution in [0.25, 0.3) is 0 Å². The van der Waals surface area contributed by atoms with E-state index < -0.39 is 0 Å². The van der Waals surface area contributed by atoms with Gasteiger partial charge in [-0.3, -0.25) is 0 Å². The van der Waals surface area contributed by atoms with Gasteiger partial charge in [-0.1, -0.05) is 17.7 Å². The predicted molar refractivity (Wildman–Crippen MR) is 53.3 cm³/mol. The molecule has 0 amide bonds. The van der Waals surface area contributed by atoms with Crippen LogP contribution in [-0.2, 0) is 0 Å². The average Bonchev–Trinajstić information content (AvgIpc) is 2.08. The van der Waals surface area contributed by atoms with Crippen LogP contribution in [0.3, 0.4) is 0 Å². The lowest BCUT2D eigenvalue weighted by Crippen LogP contribution is -1.98. The van der Waals surface area contributed by atoms with Crippen LogP contribution in [-0.4, -0.2) is 6.54 Å².